The zero-order chi connectivity index (χ0) is 12.6. The smallest absolute Gasteiger partial charge is 0.210 e. The van der Waals surface area contributed by atoms with Crippen LogP contribution in [0.15, 0.2) is 22.7 Å². The molecule has 0 radical (unpaired) electrons. The third-order valence-corrected chi connectivity index (χ3v) is 3.97. The van der Waals surface area contributed by atoms with Crippen LogP contribution < -0.4 is 0 Å². The number of aromatic nitrogens is 2. The van der Waals surface area contributed by atoms with E-state index in [1.165, 1.54) is 6.07 Å². The van der Waals surface area contributed by atoms with Gasteiger partial charge in [0.05, 0.1) is 5.56 Å². The summed E-state index contributed by atoms with van der Waals surface area (Å²) in [6.45, 7) is 0. The van der Waals surface area contributed by atoms with Gasteiger partial charge in [-0.25, -0.2) is 4.98 Å². The molecule has 90 valence electrons. The van der Waals surface area contributed by atoms with Crippen LogP contribution in [-0.2, 0) is 6.18 Å². The lowest BCUT2D eigenvalue weighted by atomic mass is 10.1. The average molecular weight is 435 g/mol. The van der Waals surface area contributed by atoms with E-state index < -0.39 is 11.7 Å². The van der Waals surface area contributed by atoms with Gasteiger partial charge in [0.25, 0.3) is 0 Å². The second-order valence-corrected chi connectivity index (χ2v) is 5.69. The number of rotatable bonds is 1. The number of nitrogens with zero attached hydrogens (tertiary/aromatic N) is 2. The Hall–Kier alpha value is -0.220. The predicted octanol–water partition coefficient (Wildman–Crippen LogP) is 4.59. The third-order valence-electron chi connectivity index (χ3n) is 1.92. The molecule has 0 unspecified atom stereocenters. The van der Waals surface area contributed by atoms with Crippen molar-refractivity contribution in [1.29, 1.82) is 0 Å². The van der Waals surface area contributed by atoms with Crippen molar-refractivity contribution in [1.82, 2.24) is 9.36 Å². The molecule has 2 nitrogen and oxygen atoms in total. The maximum Gasteiger partial charge on any atom is 0.417 e. The van der Waals surface area contributed by atoms with Gasteiger partial charge in [0, 0.05) is 32.6 Å². The largest absolute Gasteiger partial charge is 0.417 e. The second kappa shape index (κ2) is 4.81. The Bertz CT molecular complexity index is 555. The molecule has 0 N–H and O–H groups in total. The van der Waals surface area contributed by atoms with E-state index in [1.807, 2.05) is 22.6 Å². The highest BCUT2D eigenvalue weighted by atomic mass is 127. The van der Waals surface area contributed by atoms with Crippen LogP contribution in [0.2, 0.25) is 0 Å². The Morgan fingerprint density at radius 1 is 1.29 bits per heavy atom. The summed E-state index contributed by atoms with van der Waals surface area (Å²) in [6.07, 6.45) is -4.41. The van der Waals surface area contributed by atoms with E-state index in [9.17, 15) is 13.2 Å². The Morgan fingerprint density at radius 3 is 2.53 bits per heavy atom. The molecule has 2 rings (SSSR count). The molecule has 0 atom stereocenters. The van der Waals surface area contributed by atoms with Crippen LogP contribution in [0.25, 0.3) is 10.6 Å². The molecule has 0 aliphatic carbocycles. The molecule has 0 spiro atoms. The van der Waals surface area contributed by atoms with Crippen molar-refractivity contribution in [3.63, 3.8) is 0 Å². The second-order valence-electron chi connectivity index (χ2n) is 3.06. The van der Waals surface area contributed by atoms with Crippen molar-refractivity contribution in [2.24, 2.45) is 0 Å². The molecule has 0 bridgehead atoms. The van der Waals surface area contributed by atoms with Crippen molar-refractivity contribution < 1.29 is 13.2 Å². The first-order valence-electron chi connectivity index (χ1n) is 4.24. The predicted molar refractivity (Wildman–Crippen MR) is 70.8 cm³/mol. The van der Waals surface area contributed by atoms with Gasteiger partial charge >= 0.3 is 6.18 Å². The monoisotopic (exact) mass is 434 g/mol. The summed E-state index contributed by atoms with van der Waals surface area (Å²) in [4.78, 5) is 3.96. The highest BCUT2D eigenvalue weighted by molar-refractivity contribution is 14.1. The summed E-state index contributed by atoms with van der Waals surface area (Å²) in [7, 11) is 0. The summed E-state index contributed by atoms with van der Waals surface area (Å²) >= 11 is 5.85. The fourth-order valence-corrected chi connectivity index (χ4v) is 2.92. The molecular weight excluding hydrogens is 432 g/mol. The first-order chi connectivity index (χ1) is 7.88. The average Bonchev–Trinajstić information content (AvgIpc) is 2.63. The number of hydrogen-bond acceptors (Lipinski definition) is 3. The molecular formula is C9H3BrF3IN2S. The van der Waals surface area contributed by atoms with E-state index in [0.717, 1.165) is 17.6 Å². The van der Waals surface area contributed by atoms with Gasteiger partial charge in [-0.05, 0) is 23.7 Å². The van der Waals surface area contributed by atoms with Gasteiger partial charge in [0.1, 0.15) is 5.01 Å². The molecule has 2 aromatic rings. The molecule has 17 heavy (non-hydrogen) atoms. The molecule has 0 saturated heterocycles. The summed E-state index contributed by atoms with van der Waals surface area (Å²) in [6, 6.07) is 3.99. The maximum absolute atomic E-state index is 12.9. The molecule has 1 aromatic heterocycles. The molecule has 1 aromatic carbocycles. The van der Waals surface area contributed by atoms with Crippen LogP contribution >= 0.6 is 50.1 Å². The Balaban J connectivity index is 2.61. The normalized spacial score (nSPS) is 11.8. The summed E-state index contributed by atoms with van der Waals surface area (Å²) in [5.41, 5.74) is -0.652. The number of alkyl halides is 3. The minimum atomic E-state index is -4.41. The molecule has 0 aliphatic rings. The summed E-state index contributed by atoms with van der Waals surface area (Å²) < 4.78 is 43.3. The van der Waals surface area contributed by atoms with Gasteiger partial charge in [0.2, 0.25) is 3.83 Å². The lowest BCUT2D eigenvalue weighted by molar-refractivity contribution is -0.137. The number of halogens is 5. The fraction of sp³-hybridized carbons (Fsp3) is 0.111. The van der Waals surface area contributed by atoms with Crippen LogP contribution in [0.1, 0.15) is 5.56 Å². The zero-order valence-corrected chi connectivity index (χ0v) is 12.5. The number of hydrogen-bond donors (Lipinski definition) is 0. The van der Waals surface area contributed by atoms with Crippen LogP contribution in [-0.4, -0.2) is 9.36 Å². The molecule has 8 heteroatoms. The topological polar surface area (TPSA) is 25.8 Å². The zero-order valence-electron chi connectivity index (χ0n) is 7.92. The van der Waals surface area contributed by atoms with Crippen LogP contribution in [0.5, 0.6) is 0 Å². The van der Waals surface area contributed by atoms with Crippen molar-refractivity contribution in [3.8, 4) is 10.6 Å². The number of benzene rings is 1. The van der Waals surface area contributed by atoms with Crippen LogP contribution in [0, 0.1) is 3.83 Å². The molecule has 0 fully saturated rings. The van der Waals surface area contributed by atoms with Crippen molar-refractivity contribution in [3.05, 3.63) is 32.1 Å². The molecule has 0 aliphatic heterocycles. The lowest BCUT2D eigenvalue weighted by Gasteiger charge is -2.11. The summed E-state index contributed by atoms with van der Waals surface area (Å²) in [5, 5.41) is 0.272. The Morgan fingerprint density at radius 2 is 2.00 bits per heavy atom. The van der Waals surface area contributed by atoms with E-state index in [0.29, 0.717) is 8.30 Å². The highest BCUT2D eigenvalue weighted by Gasteiger charge is 2.34. The van der Waals surface area contributed by atoms with E-state index in [1.54, 1.807) is 6.07 Å². The summed E-state index contributed by atoms with van der Waals surface area (Å²) in [5.74, 6) is 0. The van der Waals surface area contributed by atoms with Gasteiger partial charge in [-0.3, -0.25) is 0 Å². The van der Waals surface area contributed by atoms with Crippen molar-refractivity contribution >= 4 is 50.1 Å². The quantitative estimate of drug-likeness (QED) is 0.613. The Kier molecular flexibility index (Phi) is 3.74. The lowest BCUT2D eigenvalue weighted by Crippen LogP contribution is -2.07. The van der Waals surface area contributed by atoms with Gasteiger partial charge in [0.15, 0.2) is 0 Å². The Labute approximate surface area is 121 Å². The maximum atomic E-state index is 12.9. The van der Waals surface area contributed by atoms with E-state index in [2.05, 4.69) is 25.3 Å². The van der Waals surface area contributed by atoms with Crippen LogP contribution in [0.4, 0.5) is 13.2 Å². The van der Waals surface area contributed by atoms with Gasteiger partial charge in [-0.1, -0.05) is 22.0 Å². The minimum Gasteiger partial charge on any atom is -0.210 e. The first-order valence-corrected chi connectivity index (χ1v) is 6.89. The molecule has 0 saturated carbocycles. The standard InChI is InChI=1S/C9H3BrF3IN2S/c10-4-1-2-5(6(3-4)9(11,12)13)7-15-8(14)16-17-7/h1-3H. The fourth-order valence-electron chi connectivity index (χ4n) is 1.25. The molecule has 0 amide bonds. The third kappa shape index (κ3) is 2.97. The van der Waals surface area contributed by atoms with Gasteiger partial charge in [-0.2, -0.15) is 17.5 Å². The first kappa shape index (κ1) is 13.2. The highest BCUT2D eigenvalue weighted by Crippen LogP contribution is 2.39. The minimum absolute atomic E-state index is 0.0566. The van der Waals surface area contributed by atoms with Gasteiger partial charge in [-0.15, -0.1) is 0 Å². The van der Waals surface area contributed by atoms with E-state index in [4.69, 9.17) is 0 Å². The van der Waals surface area contributed by atoms with Crippen LogP contribution in [0.3, 0.4) is 0 Å². The van der Waals surface area contributed by atoms with Gasteiger partial charge < -0.3 is 0 Å². The molecule has 1 heterocycles. The van der Waals surface area contributed by atoms with E-state index >= 15 is 0 Å². The van der Waals surface area contributed by atoms with Crippen molar-refractivity contribution in [2.75, 3.05) is 0 Å². The SMILES string of the molecule is FC(F)(F)c1cc(Br)ccc1-c1nc(I)ns1. The van der Waals surface area contributed by atoms with E-state index in [-0.39, 0.29) is 10.6 Å². The van der Waals surface area contributed by atoms with Crippen molar-refractivity contribution in [2.45, 2.75) is 6.18 Å².